The van der Waals surface area contributed by atoms with Crippen LogP contribution in [0.15, 0.2) is 0 Å². The third-order valence-electron chi connectivity index (χ3n) is 3.50. The van der Waals surface area contributed by atoms with Crippen molar-refractivity contribution in [2.75, 3.05) is 0 Å². The van der Waals surface area contributed by atoms with Crippen LogP contribution in [-0.4, -0.2) is 9.78 Å². The van der Waals surface area contributed by atoms with Crippen LogP contribution in [0.25, 0.3) is 0 Å². The molecule has 0 N–H and O–H groups in total. The van der Waals surface area contributed by atoms with Gasteiger partial charge < -0.3 is 0 Å². The summed E-state index contributed by atoms with van der Waals surface area (Å²) < 4.78 is 2.09. The summed E-state index contributed by atoms with van der Waals surface area (Å²) in [5.41, 5.74) is 4.74. The molecule has 0 spiro atoms. The minimum atomic E-state index is 0.204. The first-order valence-electron chi connectivity index (χ1n) is 5.80. The Bertz CT molecular complexity index is 391. The maximum Gasteiger partial charge on any atom is 0.0715 e. The Hall–Kier alpha value is -0.790. The molecule has 2 rings (SSSR count). The van der Waals surface area contributed by atoms with Crippen LogP contribution in [0.5, 0.6) is 0 Å². The molecule has 0 saturated heterocycles. The van der Waals surface area contributed by atoms with Gasteiger partial charge in [-0.2, -0.15) is 5.10 Å². The van der Waals surface area contributed by atoms with E-state index in [2.05, 4.69) is 46.3 Å². The van der Waals surface area contributed by atoms with Gasteiger partial charge in [0, 0.05) is 23.6 Å². The lowest BCUT2D eigenvalue weighted by Gasteiger charge is -2.20. The van der Waals surface area contributed by atoms with E-state index in [1.165, 1.54) is 29.8 Å². The molecule has 2 nitrogen and oxygen atoms in total. The van der Waals surface area contributed by atoms with E-state index >= 15 is 0 Å². The van der Waals surface area contributed by atoms with Crippen LogP contribution in [0.2, 0.25) is 0 Å². The van der Waals surface area contributed by atoms with E-state index in [4.69, 9.17) is 5.10 Å². The second-order valence-electron chi connectivity index (χ2n) is 6.43. The quantitative estimate of drug-likeness (QED) is 0.638. The Balaban J connectivity index is 2.62. The van der Waals surface area contributed by atoms with Gasteiger partial charge in [-0.1, -0.05) is 34.6 Å². The third kappa shape index (κ3) is 1.51. The fourth-order valence-electron chi connectivity index (χ4n) is 2.84. The molecule has 0 aliphatic heterocycles. The lowest BCUT2D eigenvalue weighted by molar-refractivity contribution is 0.473. The maximum absolute atomic E-state index is 4.73. The number of hydrogen-bond acceptors (Lipinski definition) is 1. The molecule has 2 heteroatoms. The topological polar surface area (TPSA) is 17.8 Å². The van der Waals surface area contributed by atoms with Gasteiger partial charge in [0.2, 0.25) is 0 Å². The van der Waals surface area contributed by atoms with E-state index in [0.717, 1.165) is 0 Å². The van der Waals surface area contributed by atoms with E-state index in [-0.39, 0.29) is 10.8 Å². The fraction of sp³-hybridized carbons (Fsp3) is 0.769. The molecule has 0 saturated carbocycles. The van der Waals surface area contributed by atoms with Crippen molar-refractivity contribution < 1.29 is 0 Å². The van der Waals surface area contributed by atoms with E-state index in [1.54, 1.807) is 0 Å². The van der Waals surface area contributed by atoms with Crippen molar-refractivity contribution in [1.29, 1.82) is 0 Å². The van der Waals surface area contributed by atoms with Crippen LogP contribution in [0.1, 0.15) is 58.0 Å². The zero-order chi connectivity index (χ0) is 11.4. The second-order valence-corrected chi connectivity index (χ2v) is 6.43. The summed E-state index contributed by atoms with van der Waals surface area (Å²) in [7, 11) is 2.08. The molecule has 0 fully saturated rings. The molecule has 0 amide bonds. The minimum absolute atomic E-state index is 0.204. The first kappa shape index (κ1) is 10.7. The van der Waals surface area contributed by atoms with Gasteiger partial charge in [0.25, 0.3) is 0 Å². The first-order chi connectivity index (χ1) is 6.73. The summed E-state index contributed by atoms with van der Waals surface area (Å²) in [6, 6.07) is 0. The van der Waals surface area contributed by atoms with Gasteiger partial charge >= 0.3 is 0 Å². The predicted molar refractivity (Wildman–Crippen MR) is 63.3 cm³/mol. The van der Waals surface area contributed by atoms with Crippen LogP contribution in [0.4, 0.5) is 0 Å². The van der Waals surface area contributed by atoms with Crippen molar-refractivity contribution in [3.8, 4) is 0 Å². The van der Waals surface area contributed by atoms with Crippen LogP contribution in [-0.2, 0) is 24.3 Å². The third-order valence-corrected chi connectivity index (χ3v) is 3.50. The largest absolute Gasteiger partial charge is 0.272 e. The SMILES string of the molecule is Cn1nc2c(c1C(C)(C)C)CCC2(C)C. The molecule has 0 atom stereocenters. The van der Waals surface area contributed by atoms with E-state index in [0.29, 0.717) is 0 Å². The number of fused-ring (bicyclic) bond motifs is 1. The van der Waals surface area contributed by atoms with E-state index in [9.17, 15) is 0 Å². The molecular weight excluding hydrogens is 184 g/mol. The van der Waals surface area contributed by atoms with Gasteiger partial charge in [-0.25, -0.2) is 0 Å². The standard InChI is InChI=1S/C13H22N2/c1-12(2,3)11-9-7-8-13(4,5)10(9)14-15(11)6/h7-8H2,1-6H3. The first-order valence-corrected chi connectivity index (χ1v) is 5.80. The number of rotatable bonds is 0. The molecule has 0 unspecified atom stereocenters. The summed E-state index contributed by atoms with van der Waals surface area (Å²) in [6.07, 6.45) is 2.44. The van der Waals surface area contributed by atoms with Crippen molar-refractivity contribution in [2.45, 2.75) is 58.3 Å². The molecule has 84 valence electrons. The molecule has 1 aliphatic rings. The Labute approximate surface area is 92.7 Å². The van der Waals surface area contributed by atoms with Crippen molar-refractivity contribution >= 4 is 0 Å². The Morgan fingerprint density at radius 1 is 1.27 bits per heavy atom. The van der Waals surface area contributed by atoms with Gasteiger partial charge in [-0.05, 0) is 18.4 Å². The molecule has 1 aliphatic carbocycles. The zero-order valence-corrected chi connectivity index (χ0v) is 10.8. The molecule has 15 heavy (non-hydrogen) atoms. The van der Waals surface area contributed by atoms with Crippen LogP contribution < -0.4 is 0 Å². The molecule has 0 aromatic carbocycles. The van der Waals surface area contributed by atoms with Gasteiger partial charge in [-0.3, -0.25) is 4.68 Å². The number of nitrogens with zero attached hydrogens (tertiary/aromatic N) is 2. The van der Waals surface area contributed by atoms with Crippen molar-refractivity contribution in [3.63, 3.8) is 0 Å². The highest BCUT2D eigenvalue weighted by atomic mass is 15.3. The summed E-state index contributed by atoms with van der Waals surface area (Å²) >= 11 is 0. The van der Waals surface area contributed by atoms with Crippen LogP contribution >= 0.6 is 0 Å². The van der Waals surface area contributed by atoms with Gasteiger partial charge in [0.05, 0.1) is 5.69 Å². The second kappa shape index (κ2) is 2.87. The Morgan fingerprint density at radius 2 is 1.87 bits per heavy atom. The van der Waals surface area contributed by atoms with Gasteiger partial charge in [0.15, 0.2) is 0 Å². The average molecular weight is 206 g/mol. The lowest BCUT2D eigenvalue weighted by atomic mass is 9.87. The summed E-state index contributed by atoms with van der Waals surface area (Å²) in [5.74, 6) is 0. The maximum atomic E-state index is 4.73. The zero-order valence-electron chi connectivity index (χ0n) is 10.8. The van der Waals surface area contributed by atoms with Crippen molar-refractivity contribution in [2.24, 2.45) is 7.05 Å². The molecule has 0 radical (unpaired) electrons. The highest BCUT2D eigenvalue weighted by Gasteiger charge is 2.37. The van der Waals surface area contributed by atoms with Crippen molar-refractivity contribution in [3.05, 3.63) is 17.0 Å². The number of aryl methyl sites for hydroxylation is 1. The fourth-order valence-corrected chi connectivity index (χ4v) is 2.84. The summed E-state index contributed by atoms with van der Waals surface area (Å²) in [5, 5.41) is 4.73. The molecule has 0 bridgehead atoms. The van der Waals surface area contributed by atoms with Crippen LogP contribution in [0, 0.1) is 0 Å². The summed E-state index contributed by atoms with van der Waals surface area (Å²) in [6.45, 7) is 11.4. The lowest BCUT2D eigenvalue weighted by Crippen LogP contribution is -2.19. The highest BCUT2D eigenvalue weighted by molar-refractivity contribution is 5.39. The molecular formula is C13H22N2. The Morgan fingerprint density at radius 3 is 2.40 bits per heavy atom. The molecule has 1 heterocycles. The van der Waals surface area contributed by atoms with E-state index in [1.807, 2.05) is 0 Å². The van der Waals surface area contributed by atoms with Crippen molar-refractivity contribution in [1.82, 2.24) is 9.78 Å². The molecule has 1 aromatic heterocycles. The van der Waals surface area contributed by atoms with E-state index < -0.39 is 0 Å². The predicted octanol–water partition coefficient (Wildman–Crippen LogP) is 2.94. The van der Waals surface area contributed by atoms with Gasteiger partial charge in [0.1, 0.15) is 0 Å². The normalized spacial score (nSPS) is 19.3. The highest BCUT2D eigenvalue weighted by Crippen LogP contribution is 2.41. The van der Waals surface area contributed by atoms with Gasteiger partial charge in [-0.15, -0.1) is 0 Å². The smallest absolute Gasteiger partial charge is 0.0715 e. The van der Waals surface area contributed by atoms with Crippen LogP contribution in [0.3, 0.4) is 0 Å². The summed E-state index contributed by atoms with van der Waals surface area (Å²) in [4.78, 5) is 0. The Kier molecular flexibility index (Phi) is 2.05. The minimum Gasteiger partial charge on any atom is -0.272 e. The average Bonchev–Trinajstić information content (AvgIpc) is 2.48. The number of hydrogen-bond donors (Lipinski definition) is 0. The number of aromatic nitrogens is 2. The monoisotopic (exact) mass is 206 g/mol. The molecule has 1 aromatic rings.